The summed E-state index contributed by atoms with van der Waals surface area (Å²) in [6.45, 7) is 21.5. The fourth-order valence-electron chi connectivity index (χ4n) is 3.72. The minimum Gasteiger partial charge on any atom is -0.493 e. The number of esters is 2. The smallest absolute Gasteiger partial charge is 0.316 e. The van der Waals surface area contributed by atoms with Gasteiger partial charge in [0, 0.05) is 16.7 Å². The Hall–Kier alpha value is -3.41. The van der Waals surface area contributed by atoms with Gasteiger partial charge in [-0.05, 0) is 108 Å². The largest absolute Gasteiger partial charge is 0.493 e. The summed E-state index contributed by atoms with van der Waals surface area (Å²) in [4.78, 5) is 38.2. The van der Waals surface area contributed by atoms with Crippen LogP contribution in [0.25, 0.3) is 6.08 Å². The molecule has 0 amide bonds. The number of ether oxygens (including phenoxy) is 3. The average Bonchev–Trinajstić information content (AvgIpc) is 2.85. The number of benzene rings is 2. The van der Waals surface area contributed by atoms with Crippen molar-refractivity contribution in [3.05, 3.63) is 58.7 Å². The summed E-state index contributed by atoms with van der Waals surface area (Å²) in [7, 11) is 0. The normalized spacial score (nSPS) is 12.2. The predicted octanol–water partition coefficient (Wildman–Crippen LogP) is 8.52. The zero-order chi connectivity index (χ0) is 30.4. The lowest BCUT2D eigenvalue weighted by Crippen LogP contribution is -2.27. The Kier molecular flexibility index (Phi) is 10.9. The third kappa shape index (κ3) is 8.54. The number of hydrogen-bond donors (Lipinski definition) is 0. The van der Waals surface area contributed by atoms with Crippen LogP contribution in [0.4, 0.5) is 0 Å². The number of ketones is 1. The maximum atomic E-state index is 13.1. The lowest BCUT2D eigenvalue weighted by molar-refractivity contribution is -0.143. The second-order valence-corrected chi connectivity index (χ2v) is 12.8. The van der Waals surface area contributed by atoms with Gasteiger partial charge >= 0.3 is 11.9 Å². The van der Waals surface area contributed by atoms with E-state index in [0.29, 0.717) is 29.4 Å². The van der Waals surface area contributed by atoms with Gasteiger partial charge in [-0.25, -0.2) is 0 Å². The highest BCUT2D eigenvalue weighted by Crippen LogP contribution is 2.44. The van der Waals surface area contributed by atoms with Crippen molar-refractivity contribution in [2.24, 2.45) is 10.8 Å². The van der Waals surface area contributed by atoms with Crippen LogP contribution in [0, 0.1) is 10.8 Å². The number of carbonyl (C=O) groups excluding carboxylic acids is 3. The number of rotatable bonds is 10. The molecule has 0 aliphatic carbocycles. The summed E-state index contributed by atoms with van der Waals surface area (Å²) >= 11 is 0. The first-order valence-electron chi connectivity index (χ1n) is 14.1. The van der Waals surface area contributed by atoms with E-state index in [4.69, 9.17) is 14.2 Å². The van der Waals surface area contributed by atoms with E-state index in [1.165, 1.54) is 6.08 Å². The molecular formula is C34H46O6. The van der Waals surface area contributed by atoms with E-state index < -0.39 is 10.8 Å². The molecule has 0 aromatic heterocycles. The van der Waals surface area contributed by atoms with E-state index in [0.717, 1.165) is 23.1 Å². The standard InChI is InChI=1S/C34H46O6/c1-12-19-38-29-24(15-18-27(35)23-13-16-25(17-14-23)39-31(36)33(6,7)8)20-26(21(2)3)30(28(29)22(4)5)40-32(37)34(9,10)11/h13-18,20-22H,12,19H2,1-11H3. The minimum absolute atomic E-state index is 0.000436. The molecule has 6 heteroatoms. The van der Waals surface area contributed by atoms with Gasteiger partial charge < -0.3 is 14.2 Å². The fraction of sp³-hybridized carbons (Fsp3) is 0.500. The highest BCUT2D eigenvalue weighted by atomic mass is 16.5. The Bertz CT molecular complexity index is 1240. The van der Waals surface area contributed by atoms with Crippen molar-refractivity contribution in [2.75, 3.05) is 6.61 Å². The second kappa shape index (κ2) is 13.3. The molecule has 0 saturated carbocycles. The van der Waals surface area contributed by atoms with Gasteiger partial charge in [0.1, 0.15) is 17.2 Å². The molecule has 0 aliphatic rings. The molecule has 40 heavy (non-hydrogen) atoms. The second-order valence-electron chi connectivity index (χ2n) is 12.8. The SMILES string of the molecule is CCCOc1c(C=CC(=O)c2ccc(OC(=O)C(C)(C)C)cc2)cc(C(C)C)c(OC(=O)C(C)(C)C)c1C(C)C. The first kappa shape index (κ1) is 32.8. The minimum atomic E-state index is -0.668. The van der Waals surface area contributed by atoms with Crippen molar-refractivity contribution in [1.82, 2.24) is 0 Å². The van der Waals surface area contributed by atoms with Crippen LogP contribution in [0.1, 0.15) is 121 Å². The van der Waals surface area contributed by atoms with Gasteiger partial charge in [0.2, 0.25) is 0 Å². The van der Waals surface area contributed by atoms with Crippen LogP contribution in [0.15, 0.2) is 36.4 Å². The number of allylic oxidation sites excluding steroid dienone is 1. The van der Waals surface area contributed by atoms with Gasteiger partial charge in [-0.15, -0.1) is 0 Å². The summed E-state index contributed by atoms with van der Waals surface area (Å²) in [6.07, 6.45) is 4.07. The molecule has 0 fully saturated rings. The Labute approximate surface area is 240 Å². The van der Waals surface area contributed by atoms with Gasteiger partial charge in [0.25, 0.3) is 0 Å². The Morgan fingerprint density at radius 1 is 0.800 bits per heavy atom. The molecule has 2 aromatic rings. The molecule has 0 N–H and O–H groups in total. The van der Waals surface area contributed by atoms with Gasteiger partial charge in [0.15, 0.2) is 5.78 Å². The molecule has 0 atom stereocenters. The lowest BCUT2D eigenvalue weighted by atomic mass is 9.89. The number of hydrogen-bond acceptors (Lipinski definition) is 6. The zero-order valence-corrected chi connectivity index (χ0v) is 26.1. The summed E-state index contributed by atoms with van der Waals surface area (Å²) in [5.74, 6) is 0.754. The summed E-state index contributed by atoms with van der Waals surface area (Å²) in [5.41, 5.74) is 1.61. The molecule has 2 aromatic carbocycles. The van der Waals surface area contributed by atoms with Crippen LogP contribution >= 0.6 is 0 Å². The molecule has 0 bridgehead atoms. The average molecular weight is 551 g/mol. The zero-order valence-electron chi connectivity index (χ0n) is 26.1. The Balaban J connectivity index is 2.54. The monoisotopic (exact) mass is 550 g/mol. The molecule has 0 aliphatic heterocycles. The third-order valence-electron chi connectivity index (χ3n) is 6.16. The van der Waals surface area contributed by atoms with E-state index in [9.17, 15) is 14.4 Å². The quantitative estimate of drug-likeness (QED) is 0.128. The van der Waals surface area contributed by atoms with Gasteiger partial charge in [0.05, 0.1) is 17.4 Å². The molecule has 0 unspecified atom stereocenters. The summed E-state index contributed by atoms with van der Waals surface area (Å²) in [6, 6.07) is 8.46. The molecule has 6 nitrogen and oxygen atoms in total. The highest BCUT2D eigenvalue weighted by Gasteiger charge is 2.30. The van der Waals surface area contributed by atoms with Crippen LogP contribution in [0.3, 0.4) is 0 Å². The maximum absolute atomic E-state index is 13.1. The van der Waals surface area contributed by atoms with E-state index in [1.54, 1.807) is 51.1 Å². The van der Waals surface area contributed by atoms with E-state index in [2.05, 4.69) is 0 Å². The third-order valence-corrected chi connectivity index (χ3v) is 6.16. The van der Waals surface area contributed by atoms with Gasteiger partial charge in [-0.1, -0.05) is 34.6 Å². The van der Waals surface area contributed by atoms with E-state index >= 15 is 0 Å². The van der Waals surface area contributed by atoms with Crippen LogP contribution in [0.5, 0.6) is 17.2 Å². The van der Waals surface area contributed by atoms with Crippen molar-refractivity contribution in [3.8, 4) is 17.2 Å². The van der Waals surface area contributed by atoms with E-state index in [-0.39, 0.29) is 29.6 Å². The van der Waals surface area contributed by atoms with Crippen LogP contribution < -0.4 is 14.2 Å². The Morgan fingerprint density at radius 2 is 1.35 bits per heavy atom. The predicted molar refractivity (Wildman–Crippen MR) is 160 cm³/mol. The maximum Gasteiger partial charge on any atom is 0.316 e. The first-order chi connectivity index (χ1) is 18.5. The van der Waals surface area contributed by atoms with Gasteiger partial charge in [-0.2, -0.15) is 0 Å². The highest BCUT2D eigenvalue weighted by molar-refractivity contribution is 6.07. The molecule has 0 spiro atoms. The fourth-order valence-corrected chi connectivity index (χ4v) is 3.72. The molecule has 0 heterocycles. The van der Waals surface area contributed by atoms with Crippen molar-refractivity contribution in [1.29, 1.82) is 0 Å². The summed E-state index contributed by atoms with van der Waals surface area (Å²) in [5, 5.41) is 0. The molecule has 218 valence electrons. The Morgan fingerprint density at radius 3 is 1.82 bits per heavy atom. The van der Waals surface area contributed by atoms with Crippen molar-refractivity contribution >= 4 is 23.8 Å². The topological polar surface area (TPSA) is 78.9 Å². The molecule has 0 saturated heterocycles. The van der Waals surface area contributed by atoms with Crippen LogP contribution in [0.2, 0.25) is 0 Å². The van der Waals surface area contributed by atoms with Gasteiger partial charge in [-0.3, -0.25) is 14.4 Å². The number of carbonyl (C=O) groups is 3. The lowest BCUT2D eigenvalue weighted by Gasteiger charge is -2.26. The first-order valence-corrected chi connectivity index (χ1v) is 14.1. The van der Waals surface area contributed by atoms with Crippen molar-refractivity contribution in [2.45, 2.75) is 94.4 Å². The van der Waals surface area contributed by atoms with Crippen molar-refractivity contribution < 1.29 is 28.6 Å². The van der Waals surface area contributed by atoms with Crippen LogP contribution in [-0.4, -0.2) is 24.3 Å². The molecular weight excluding hydrogens is 504 g/mol. The summed E-state index contributed by atoms with van der Waals surface area (Å²) < 4.78 is 17.7. The molecule has 0 radical (unpaired) electrons. The van der Waals surface area contributed by atoms with Crippen LogP contribution in [-0.2, 0) is 9.59 Å². The van der Waals surface area contributed by atoms with Crippen molar-refractivity contribution in [3.63, 3.8) is 0 Å². The molecule has 2 rings (SSSR count). The van der Waals surface area contributed by atoms with E-state index in [1.807, 2.05) is 61.5 Å².